The number of amides is 1. The van der Waals surface area contributed by atoms with Gasteiger partial charge in [0.1, 0.15) is 0 Å². The molecule has 1 amide bonds. The predicted molar refractivity (Wildman–Crippen MR) is 79.2 cm³/mol. The molecule has 2 aromatic rings. The topological polar surface area (TPSA) is 61.4 Å². The molecule has 3 N–H and O–H groups in total. The van der Waals surface area contributed by atoms with Gasteiger partial charge in [-0.3, -0.25) is 10.0 Å². The lowest BCUT2D eigenvalue weighted by molar-refractivity contribution is -0.124. The van der Waals surface area contributed by atoms with E-state index in [9.17, 15) is 4.79 Å². The third kappa shape index (κ3) is 4.44. The first kappa shape index (κ1) is 13.7. The minimum atomic E-state index is -0.546. The van der Waals surface area contributed by atoms with Crippen molar-refractivity contribution >= 4 is 41.0 Å². The fourth-order valence-electron chi connectivity index (χ4n) is 1.30. The van der Waals surface area contributed by atoms with Crippen LogP contribution in [0.25, 0.3) is 6.08 Å². The molecule has 0 aliphatic carbocycles. The lowest BCUT2D eigenvalue weighted by Gasteiger charge is -2.03. The zero-order chi connectivity index (χ0) is 13.5. The van der Waals surface area contributed by atoms with Crippen LogP contribution < -0.4 is 10.2 Å². The maximum absolute atomic E-state index is 10.8. The number of nitrogens with one attached hydrogen (secondary N) is 2. The lowest BCUT2D eigenvalue weighted by Crippen LogP contribution is -2.14. The van der Waals surface area contributed by atoms with Gasteiger partial charge in [-0.25, -0.2) is 5.48 Å². The Morgan fingerprint density at radius 1 is 1.26 bits per heavy atom. The quantitative estimate of drug-likeness (QED) is 0.342. The van der Waals surface area contributed by atoms with Gasteiger partial charge in [0, 0.05) is 11.8 Å². The van der Waals surface area contributed by atoms with Gasteiger partial charge < -0.3 is 4.72 Å². The van der Waals surface area contributed by atoms with Crippen molar-refractivity contribution in [3.63, 3.8) is 0 Å². The molecule has 19 heavy (non-hydrogen) atoms. The molecule has 6 heteroatoms. The zero-order valence-corrected chi connectivity index (χ0v) is 11.5. The smallest absolute Gasteiger partial charge is 0.267 e. The van der Waals surface area contributed by atoms with Gasteiger partial charge in [-0.15, -0.1) is 11.3 Å². The van der Waals surface area contributed by atoms with E-state index in [0.29, 0.717) is 0 Å². The molecule has 0 saturated carbocycles. The largest absolute Gasteiger partial charge is 0.325 e. The van der Waals surface area contributed by atoms with Crippen LogP contribution in [0.1, 0.15) is 5.56 Å². The van der Waals surface area contributed by atoms with Gasteiger partial charge in [-0.1, -0.05) is 18.2 Å². The summed E-state index contributed by atoms with van der Waals surface area (Å²) in [5.41, 5.74) is 3.41. The maximum atomic E-state index is 10.8. The van der Waals surface area contributed by atoms with E-state index >= 15 is 0 Å². The van der Waals surface area contributed by atoms with E-state index in [-0.39, 0.29) is 0 Å². The van der Waals surface area contributed by atoms with Gasteiger partial charge in [0.15, 0.2) is 0 Å². The van der Waals surface area contributed by atoms with Gasteiger partial charge in [0.05, 0.1) is 4.21 Å². The summed E-state index contributed by atoms with van der Waals surface area (Å²) in [5, 5.41) is 10.4. The molecular weight excluding hydrogens is 280 g/mol. The van der Waals surface area contributed by atoms with E-state index in [0.717, 1.165) is 11.3 Å². The first-order valence-electron chi connectivity index (χ1n) is 5.46. The average Bonchev–Trinajstić information content (AvgIpc) is 2.97. The van der Waals surface area contributed by atoms with Crippen LogP contribution in [0.2, 0.25) is 0 Å². The third-order valence-corrected chi connectivity index (χ3v) is 4.09. The Labute approximate surface area is 119 Å². The number of carbonyl (C=O) groups excluding carboxylic acids is 1. The fraction of sp³-hybridized carbons (Fsp3) is 0. The number of hydroxylamine groups is 1. The van der Waals surface area contributed by atoms with Crippen LogP contribution in [-0.4, -0.2) is 11.1 Å². The highest BCUT2D eigenvalue weighted by atomic mass is 32.2. The lowest BCUT2D eigenvalue weighted by atomic mass is 10.2. The summed E-state index contributed by atoms with van der Waals surface area (Å²) in [7, 11) is 0. The summed E-state index contributed by atoms with van der Waals surface area (Å²) in [4.78, 5) is 10.8. The first-order chi connectivity index (χ1) is 9.28. The second-order valence-electron chi connectivity index (χ2n) is 3.57. The number of rotatable bonds is 5. The van der Waals surface area contributed by atoms with Crippen LogP contribution in [0.3, 0.4) is 0 Å². The van der Waals surface area contributed by atoms with E-state index in [2.05, 4.69) is 4.72 Å². The molecule has 0 radical (unpaired) electrons. The van der Waals surface area contributed by atoms with Crippen LogP contribution in [0.15, 0.2) is 52.1 Å². The molecule has 0 saturated heterocycles. The number of thiophene rings is 1. The van der Waals surface area contributed by atoms with Crippen molar-refractivity contribution in [2.75, 3.05) is 4.72 Å². The van der Waals surface area contributed by atoms with E-state index in [4.69, 9.17) is 5.21 Å². The van der Waals surface area contributed by atoms with Crippen LogP contribution in [0, 0.1) is 0 Å². The monoisotopic (exact) mass is 292 g/mol. The number of hydrogen-bond donors (Lipinski definition) is 3. The zero-order valence-electron chi connectivity index (χ0n) is 9.87. The minimum absolute atomic E-state index is 0.546. The van der Waals surface area contributed by atoms with Crippen LogP contribution in [0.4, 0.5) is 5.69 Å². The number of carbonyl (C=O) groups is 1. The molecule has 0 aliphatic heterocycles. The highest BCUT2D eigenvalue weighted by Gasteiger charge is 1.96. The molecule has 1 heterocycles. The van der Waals surface area contributed by atoms with E-state index in [1.807, 2.05) is 41.8 Å². The van der Waals surface area contributed by atoms with Crippen molar-refractivity contribution in [1.29, 1.82) is 0 Å². The first-order valence-corrected chi connectivity index (χ1v) is 7.16. The Bertz CT molecular complexity index is 551. The summed E-state index contributed by atoms with van der Waals surface area (Å²) in [6.07, 6.45) is 2.89. The van der Waals surface area contributed by atoms with Gasteiger partial charge in [0.2, 0.25) is 0 Å². The highest BCUT2D eigenvalue weighted by Crippen LogP contribution is 2.25. The van der Waals surface area contributed by atoms with Crippen molar-refractivity contribution in [2.45, 2.75) is 4.21 Å². The molecule has 2 rings (SSSR count). The van der Waals surface area contributed by atoms with E-state index in [1.54, 1.807) is 34.8 Å². The highest BCUT2D eigenvalue weighted by molar-refractivity contribution is 8.02. The Morgan fingerprint density at radius 2 is 2.05 bits per heavy atom. The molecule has 0 atom stereocenters. The second-order valence-corrected chi connectivity index (χ2v) is 5.62. The van der Waals surface area contributed by atoms with Crippen LogP contribution >= 0.6 is 23.3 Å². The Kier molecular flexibility index (Phi) is 5.02. The van der Waals surface area contributed by atoms with Crippen LogP contribution in [-0.2, 0) is 4.79 Å². The van der Waals surface area contributed by atoms with Crippen molar-refractivity contribution in [3.8, 4) is 0 Å². The van der Waals surface area contributed by atoms with Gasteiger partial charge in [-0.2, -0.15) is 0 Å². The molecule has 4 nitrogen and oxygen atoms in total. The summed E-state index contributed by atoms with van der Waals surface area (Å²) >= 11 is 3.24. The van der Waals surface area contributed by atoms with Crippen molar-refractivity contribution in [2.24, 2.45) is 0 Å². The summed E-state index contributed by atoms with van der Waals surface area (Å²) < 4.78 is 4.43. The summed E-state index contributed by atoms with van der Waals surface area (Å²) in [6.45, 7) is 0. The van der Waals surface area contributed by atoms with E-state index < -0.39 is 5.91 Å². The normalized spacial score (nSPS) is 10.6. The molecule has 0 bridgehead atoms. The number of hydrogen-bond acceptors (Lipinski definition) is 5. The van der Waals surface area contributed by atoms with E-state index in [1.165, 1.54) is 10.3 Å². The fourth-order valence-corrected chi connectivity index (χ4v) is 2.74. The molecule has 0 aliphatic rings. The van der Waals surface area contributed by atoms with Crippen LogP contribution in [0.5, 0.6) is 0 Å². The standard InChI is InChI=1S/C13H12N2O2S2/c16-12(14-17)8-5-10-3-6-11(7-4-10)15-19-13-2-1-9-18-13/h1-9,15,17H,(H,14,16)/b8-5+. The molecule has 98 valence electrons. The number of benzene rings is 1. The molecule has 0 unspecified atom stereocenters. The third-order valence-electron chi connectivity index (χ3n) is 2.21. The van der Waals surface area contributed by atoms with Crippen molar-refractivity contribution in [1.82, 2.24) is 5.48 Å². The molecule has 0 fully saturated rings. The molecule has 1 aromatic heterocycles. The SMILES string of the molecule is O=C(/C=C/c1ccc(NSc2cccs2)cc1)NO. The Balaban J connectivity index is 1.91. The number of anilines is 1. The second kappa shape index (κ2) is 6.98. The van der Waals surface area contributed by atoms with Gasteiger partial charge in [-0.05, 0) is 47.2 Å². The molecule has 0 spiro atoms. The summed E-state index contributed by atoms with van der Waals surface area (Å²) in [6, 6.07) is 11.7. The van der Waals surface area contributed by atoms with Gasteiger partial charge >= 0.3 is 0 Å². The van der Waals surface area contributed by atoms with Crippen molar-refractivity contribution in [3.05, 3.63) is 53.4 Å². The minimum Gasteiger partial charge on any atom is -0.325 e. The predicted octanol–water partition coefficient (Wildman–Crippen LogP) is 3.39. The maximum Gasteiger partial charge on any atom is 0.267 e. The molecular formula is C13H12N2O2S2. The summed E-state index contributed by atoms with van der Waals surface area (Å²) in [5.74, 6) is -0.546. The Morgan fingerprint density at radius 3 is 2.68 bits per heavy atom. The average molecular weight is 292 g/mol. The van der Waals surface area contributed by atoms with Crippen molar-refractivity contribution < 1.29 is 10.0 Å². The Hall–Kier alpha value is -1.76. The van der Waals surface area contributed by atoms with Gasteiger partial charge in [0.25, 0.3) is 5.91 Å². The molecule has 1 aromatic carbocycles.